The van der Waals surface area contributed by atoms with Crippen LogP contribution in [0.5, 0.6) is 0 Å². The van der Waals surface area contributed by atoms with E-state index in [4.69, 9.17) is 11.6 Å². The molecule has 6 nitrogen and oxygen atoms in total. The number of hydrogen-bond acceptors (Lipinski definition) is 5. The van der Waals surface area contributed by atoms with E-state index in [2.05, 4.69) is 15.3 Å². The molecule has 0 fully saturated rings. The van der Waals surface area contributed by atoms with Crippen LogP contribution < -0.4 is 5.32 Å². The number of nitrogens with one attached hydrogen (secondary N) is 1. The van der Waals surface area contributed by atoms with Gasteiger partial charge in [-0.3, -0.25) is 10.1 Å². The molecular formula is C11H9ClN4O2. The topological polar surface area (TPSA) is 81.0 Å². The number of nitrogens with zero attached hydrogens (tertiary/aromatic N) is 3. The number of aryl methyl sites for hydroxylation is 1. The van der Waals surface area contributed by atoms with Crippen molar-refractivity contribution in [3.05, 3.63) is 51.4 Å². The second-order valence-corrected chi connectivity index (χ2v) is 3.93. The van der Waals surface area contributed by atoms with E-state index < -0.39 is 4.92 Å². The van der Waals surface area contributed by atoms with E-state index in [0.717, 1.165) is 0 Å². The zero-order valence-electron chi connectivity index (χ0n) is 9.42. The van der Waals surface area contributed by atoms with Crippen molar-refractivity contribution in [1.29, 1.82) is 0 Å². The number of nitro benzene ring substituents is 1. The number of benzene rings is 1. The fourth-order valence-electron chi connectivity index (χ4n) is 1.44. The highest BCUT2D eigenvalue weighted by molar-refractivity contribution is 6.28. The van der Waals surface area contributed by atoms with Crippen LogP contribution in [0.3, 0.4) is 0 Å². The summed E-state index contributed by atoms with van der Waals surface area (Å²) in [5.41, 5.74) is 1.23. The Morgan fingerprint density at radius 2 is 2.17 bits per heavy atom. The zero-order valence-corrected chi connectivity index (χ0v) is 10.2. The Hall–Kier alpha value is -2.21. The molecule has 0 radical (unpaired) electrons. The first-order chi connectivity index (χ1) is 8.56. The van der Waals surface area contributed by atoms with Crippen molar-refractivity contribution in [3.8, 4) is 0 Å². The van der Waals surface area contributed by atoms with E-state index in [1.165, 1.54) is 12.3 Å². The fourth-order valence-corrected chi connectivity index (χ4v) is 1.58. The number of rotatable bonds is 3. The van der Waals surface area contributed by atoms with Gasteiger partial charge >= 0.3 is 0 Å². The summed E-state index contributed by atoms with van der Waals surface area (Å²) < 4.78 is 0. The maximum absolute atomic E-state index is 10.8. The second kappa shape index (κ2) is 4.97. The van der Waals surface area contributed by atoms with Gasteiger partial charge in [0.15, 0.2) is 0 Å². The van der Waals surface area contributed by atoms with Crippen LogP contribution in [0.4, 0.5) is 17.2 Å². The predicted molar refractivity (Wildman–Crippen MR) is 68.2 cm³/mol. The van der Waals surface area contributed by atoms with Crippen molar-refractivity contribution in [2.45, 2.75) is 6.92 Å². The molecule has 0 saturated heterocycles. The van der Waals surface area contributed by atoms with Crippen molar-refractivity contribution in [3.63, 3.8) is 0 Å². The van der Waals surface area contributed by atoms with Crippen molar-refractivity contribution >= 4 is 28.8 Å². The van der Waals surface area contributed by atoms with Gasteiger partial charge in [0, 0.05) is 23.5 Å². The van der Waals surface area contributed by atoms with Crippen molar-refractivity contribution < 1.29 is 4.92 Å². The van der Waals surface area contributed by atoms with Gasteiger partial charge in [0.1, 0.15) is 5.82 Å². The largest absolute Gasteiger partial charge is 0.340 e. The molecule has 0 aliphatic rings. The molecule has 0 aliphatic carbocycles. The van der Waals surface area contributed by atoms with Crippen LogP contribution in [0.15, 0.2) is 30.5 Å². The minimum absolute atomic E-state index is 0.0557. The molecule has 0 aliphatic heterocycles. The van der Waals surface area contributed by atoms with Gasteiger partial charge in [0.2, 0.25) is 5.28 Å². The maximum Gasteiger partial charge on any atom is 0.274 e. The quantitative estimate of drug-likeness (QED) is 0.523. The van der Waals surface area contributed by atoms with Crippen molar-refractivity contribution in [2.75, 3.05) is 5.32 Å². The average Bonchev–Trinajstić information content (AvgIpc) is 2.31. The number of nitro groups is 1. The summed E-state index contributed by atoms with van der Waals surface area (Å²) >= 11 is 5.65. The summed E-state index contributed by atoms with van der Waals surface area (Å²) in [6, 6.07) is 6.48. The third kappa shape index (κ3) is 2.72. The van der Waals surface area contributed by atoms with Crippen LogP contribution >= 0.6 is 11.6 Å². The smallest absolute Gasteiger partial charge is 0.274 e. The molecule has 92 valence electrons. The van der Waals surface area contributed by atoms with Gasteiger partial charge < -0.3 is 5.32 Å². The van der Waals surface area contributed by atoms with Gasteiger partial charge in [-0.25, -0.2) is 9.97 Å². The second-order valence-electron chi connectivity index (χ2n) is 3.59. The highest BCUT2D eigenvalue weighted by Gasteiger charge is 2.11. The first-order valence-electron chi connectivity index (χ1n) is 5.07. The molecule has 0 saturated carbocycles. The van der Waals surface area contributed by atoms with Crippen LogP contribution in [0.25, 0.3) is 0 Å². The lowest BCUT2D eigenvalue weighted by atomic mass is 10.2. The van der Waals surface area contributed by atoms with Gasteiger partial charge in [0.25, 0.3) is 5.69 Å². The highest BCUT2D eigenvalue weighted by atomic mass is 35.5. The summed E-state index contributed by atoms with van der Waals surface area (Å²) in [4.78, 5) is 18.1. The van der Waals surface area contributed by atoms with Gasteiger partial charge in [-0.2, -0.15) is 0 Å². The molecule has 0 amide bonds. The fraction of sp³-hybridized carbons (Fsp3) is 0.0909. The zero-order chi connectivity index (χ0) is 13.1. The first kappa shape index (κ1) is 12.3. The van der Waals surface area contributed by atoms with E-state index >= 15 is 0 Å². The summed E-state index contributed by atoms with van der Waals surface area (Å²) in [5, 5.41) is 13.9. The monoisotopic (exact) mass is 264 g/mol. The normalized spacial score (nSPS) is 10.1. The molecule has 18 heavy (non-hydrogen) atoms. The highest BCUT2D eigenvalue weighted by Crippen LogP contribution is 2.24. The Morgan fingerprint density at radius 3 is 2.83 bits per heavy atom. The summed E-state index contributed by atoms with van der Waals surface area (Å²) in [7, 11) is 0. The van der Waals surface area contributed by atoms with E-state index in [9.17, 15) is 10.1 Å². The Labute approximate surface area is 108 Å². The average molecular weight is 265 g/mol. The van der Waals surface area contributed by atoms with E-state index in [1.807, 2.05) is 0 Å². The lowest BCUT2D eigenvalue weighted by Gasteiger charge is -2.06. The number of aromatic nitrogens is 2. The van der Waals surface area contributed by atoms with Gasteiger partial charge in [-0.1, -0.05) is 6.07 Å². The lowest BCUT2D eigenvalue weighted by molar-refractivity contribution is -0.385. The Balaban J connectivity index is 2.30. The SMILES string of the molecule is Cc1ccc(Nc2ccnc(Cl)n2)cc1[N+](=O)[O-]. The molecule has 1 heterocycles. The first-order valence-corrected chi connectivity index (χ1v) is 5.44. The van der Waals surface area contributed by atoms with Crippen molar-refractivity contribution in [1.82, 2.24) is 9.97 Å². The molecule has 2 aromatic rings. The van der Waals surface area contributed by atoms with Crippen LogP contribution in [-0.2, 0) is 0 Å². The molecule has 0 spiro atoms. The van der Waals surface area contributed by atoms with Gasteiger partial charge in [-0.05, 0) is 30.7 Å². The molecule has 7 heteroatoms. The summed E-state index contributed by atoms with van der Waals surface area (Å²) in [6.07, 6.45) is 1.50. The summed E-state index contributed by atoms with van der Waals surface area (Å²) in [5.74, 6) is 0.480. The predicted octanol–water partition coefficient (Wildman–Crippen LogP) is 3.09. The van der Waals surface area contributed by atoms with Crippen LogP contribution in [0.2, 0.25) is 5.28 Å². The number of anilines is 2. The molecular weight excluding hydrogens is 256 g/mol. The van der Waals surface area contributed by atoms with Crippen LogP contribution in [-0.4, -0.2) is 14.9 Å². The van der Waals surface area contributed by atoms with Crippen LogP contribution in [0.1, 0.15) is 5.56 Å². The van der Waals surface area contributed by atoms with Crippen LogP contribution in [0, 0.1) is 17.0 Å². The maximum atomic E-state index is 10.8. The molecule has 2 rings (SSSR count). The number of halogens is 1. The van der Waals surface area contributed by atoms with E-state index in [1.54, 1.807) is 25.1 Å². The van der Waals surface area contributed by atoms with Gasteiger partial charge in [0.05, 0.1) is 4.92 Å². The van der Waals surface area contributed by atoms with Crippen molar-refractivity contribution in [2.24, 2.45) is 0 Å². The number of hydrogen-bond donors (Lipinski definition) is 1. The van der Waals surface area contributed by atoms with E-state index in [-0.39, 0.29) is 11.0 Å². The third-order valence-electron chi connectivity index (χ3n) is 2.30. The minimum Gasteiger partial charge on any atom is -0.340 e. The van der Waals surface area contributed by atoms with E-state index in [0.29, 0.717) is 17.1 Å². The molecule has 1 aromatic carbocycles. The summed E-state index contributed by atoms with van der Waals surface area (Å²) in [6.45, 7) is 1.68. The standard InChI is InChI=1S/C11H9ClN4O2/c1-7-2-3-8(6-9(7)16(17)18)14-10-4-5-13-11(12)15-10/h2-6H,1H3,(H,13,14,15). The molecule has 0 bridgehead atoms. The Bertz CT molecular complexity index is 603. The third-order valence-corrected chi connectivity index (χ3v) is 2.49. The molecule has 0 unspecified atom stereocenters. The molecule has 0 atom stereocenters. The molecule has 1 aromatic heterocycles. The minimum atomic E-state index is -0.423. The Kier molecular flexibility index (Phi) is 3.38. The molecule has 1 N–H and O–H groups in total. The Morgan fingerprint density at radius 1 is 1.39 bits per heavy atom. The van der Waals surface area contributed by atoms with Gasteiger partial charge in [-0.15, -0.1) is 0 Å². The lowest BCUT2D eigenvalue weighted by Crippen LogP contribution is -1.97.